The summed E-state index contributed by atoms with van der Waals surface area (Å²) >= 11 is 6.33. The van der Waals surface area contributed by atoms with Crippen molar-refractivity contribution < 1.29 is 37.7 Å². The number of pyridine rings is 2. The molecule has 0 spiro atoms. The predicted molar refractivity (Wildman–Crippen MR) is 199 cm³/mol. The quantitative estimate of drug-likeness (QED) is 0.171. The Labute approximate surface area is 310 Å². The number of halogens is 4. The summed E-state index contributed by atoms with van der Waals surface area (Å²) in [4.78, 5) is 56.2. The van der Waals surface area contributed by atoms with Gasteiger partial charge in [-0.3, -0.25) is 19.2 Å². The number of hydrogen-bond acceptors (Lipinski definition) is 7. The molecule has 0 radical (unpaired) electrons. The number of alkyl halides is 3. The number of fused-ring (bicyclic) bond motifs is 2. The van der Waals surface area contributed by atoms with Crippen LogP contribution in [0.1, 0.15) is 38.8 Å². The maximum Gasteiger partial charge on any atom is 0.416 e. The lowest BCUT2D eigenvalue weighted by molar-refractivity contribution is -0.137. The van der Waals surface area contributed by atoms with Crippen molar-refractivity contribution in [2.75, 3.05) is 23.4 Å². The second-order valence-corrected chi connectivity index (χ2v) is 12.8. The van der Waals surface area contributed by atoms with Crippen LogP contribution in [0.4, 0.5) is 24.5 Å². The molecule has 0 atom stereocenters. The zero-order valence-electron chi connectivity index (χ0n) is 29.2. The average molecular weight is 761 g/mol. The number of aromatic nitrogens is 2. The molecule has 0 saturated heterocycles. The fraction of sp³-hybridized carbons (Fsp3) is 0.179. The van der Waals surface area contributed by atoms with Crippen molar-refractivity contribution in [3.05, 3.63) is 133 Å². The summed E-state index contributed by atoms with van der Waals surface area (Å²) in [5, 5.41) is 22.8. The highest BCUT2D eigenvalue weighted by molar-refractivity contribution is 6.36. The van der Waals surface area contributed by atoms with E-state index in [-0.39, 0.29) is 45.9 Å². The van der Waals surface area contributed by atoms with E-state index in [1.165, 1.54) is 36.7 Å². The number of carbonyl (C=O) groups is 2. The van der Waals surface area contributed by atoms with Crippen LogP contribution >= 0.6 is 11.6 Å². The van der Waals surface area contributed by atoms with Gasteiger partial charge in [0.15, 0.2) is 0 Å². The van der Waals surface area contributed by atoms with Crippen LogP contribution in [0, 0.1) is 0 Å². The van der Waals surface area contributed by atoms with E-state index in [0.717, 1.165) is 33.7 Å². The molecule has 0 aliphatic heterocycles. The number of aryl methyl sites for hydroxylation is 2. The van der Waals surface area contributed by atoms with Gasteiger partial charge in [0.05, 0.1) is 32.4 Å². The molecule has 54 heavy (non-hydrogen) atoms. The Kier molecular flexibility index (Phi) is 9.91. The Hall–Kier alpha value is -6.28. The number of rotatable bonds is 8. The molecular weight excluding hydrogens is 729 g/mol. The molecule has 278 valence electrons. The normalized spacial score (nSPS) is 11.6. The van der Waals surface area contributed by atoms with Crippen molar-refractivity contribution in [3.8, 4) is 17.2 Å². The Balaban J connectivity index is 1.27. The van der Waals surface area contributed by atoms with Gasteiger partial charge in [-0.1, -0.05) is 35.9 Å². The van der Waals surface area contributed by atoms with E-state index in [1.807, 2.05) is 0 Å². The zero-order chi connectivity index (χ0) is 39.2. The second kappa shape index (κ2) is 14.3. The smallest absolute Gasteiger partial charge is 0.416 e. The first-order valence-electron chi connectivity index (χ1n) is 16.4. The molecule has 0 saturated carbocycles. The minimum atomic E-state index is -4.58. The fourth-order valence-corrected chi connectivity index (χ4v) is 6.51. The van der Waals surface area contributed by atoms with Crippen molar-refractivity contribution >= 4 is 56.6 Å². The van der Waals surface area contributed by atoms with Crippen molar-refractivity contribution in [1.82, 2.24) is 9.13 Å². The van der Waals surface area contributed by atoms with Gasteiger partial charge in [0.1, 0.15) is 35.0 Å². The van der Waals surface area contributed by atoms with Crippen LogP contribution in [0.2, 0.25) is 5.02 Å². The number of amides is 2. The van der Waals surface area contributed by atoms with E-state index >= 15 is 0 Å². The van der Waals surface area contributed by atoms with Gasteiger partial charge in [-0.05, 0) is 73.2 Å². The van der Waals surface area contributed by atoms with E-state index in [4.69, 9.17) is 16.3 Å². The molecule has 4 aromatic carbocycles. The molecule has 2 heterocycles. The summed E-state index contributed by atoms with van der Waals surface area (Å²) in [5.41, 5.74) is -1.75. The van der Waals surface area contributed by atoms with Crippen LogP contribution in [0.25, 0.3) is 21.8 Å². The Bertz CT molecular complexity index is 2590. The predicted octanol–water partition coefficient (Wildman–Crippen LogP) is 7.00. The summed E-state index contributed by atoms with van der Waals surface area (Å²) in [6.45, 7) is 1.81. The molecule has 0 aliphatic rings. The number of ether oxygens (including phenoxy) is 1. The first-order chi connectivity index (χ1) is 25.6. The van der Waals surface area contributed by atoms with E-state index in [1.54, 1.807) is 61.5 Å². The molecule has 11 nitrogen and oxygen atoms in total. The van der Waals surface area contributed by atoms with Gasteiger partial charge in [0.2, 0.25) is 0 Å². The van der Waals surface area contributed by atoms with E-state index < -0.39 is 57.3 Å². The van der Waals surface area contributed by atoms with Crippen LogP contribution in [0.3, 0.4) is 0 Å². The van der Waals surface area contributed by atoms with Crippen molar-refractivity contribution in [2.45, 2.75) is 19.7 Å². The highest BCUT2D eigenvalue weighted by Gasteiger charge is 2.31. The minimum absolute atomic E-state index is 0.0546. The first kappa shape index (κ1) is 37.5. The van der Waals surface area contributed by atoms with Gasteiger partial charge >= 0.3 is 6.18 Å². The highest BCUT2D eigenvalue weighted by Crippen LogP contribution is 2.37. The largest absolute Gasteiger partial charge is 0.506 e. The Morgan fingerprint density at radius 2 is 1.28 bits per heavy atom. The van der Waals surface area contributed by atoms with Crippen molar-refractivity contribution in [3.63, 3.8) is 0 Å². The van der Waals surface area contributed by atoms with Gasteiger partial charge in [0, 0.05) is 39.1 Å². The highest BCUT2D eigenvalue weighted by atomic mass is 35.5. The average Bonchev–Trinajstić information content (AvgIpc) is 3.15. The first-order valence-corrected chi connectivity index (χ1v) is 16.8. The van der Waals surface area contributed by atoms with Gasteiger partial charge < -0.3 is 33.9 Å². The van der Waals surface area contributed by atoms with Gasteiger partial charge in [-0.15, -0.1) is 0 Å². The number of carbonyl (C=O) groups excluding carboxylic acids is 2. The van der Waals surface area contributed by atoms with Crippen LogP contribution in [-0.4, -0.2) is 44.8 Å². The molecule has 6 rings (SSSR count). The maximum absolute atomic E-state index is 13.7. The third kappa shape index (κ3) is 6.49. The summed E-state index contributed by atoms with van der Waals surface area (Å²) in [6.07, 6.45) is -4.58. The van der Waals surface area contributed by atoms with Crippen molar-refractivity contribution in [1.29, 1.82) is 0 Å². The minimum Gasteiger partial charge on any atom is -0.506 e. The Morgan fingerprint density at radius 3 is 1.85 bits per heavy atom. The van der Waals surface area contributed by atoms with Crippen LogP contribution in [-0.2, 0) is 26.9 Å². The van der Waals surface area contributed by atoms with E-state index in [2.05, 4.69) is 0 Å². The molecule has 0 bridgehead atoms. The number of anilines is 2. The molecule has 0 fully saturated rings. The van der Waals surface area contributed by atoms with Crippen LogP contribution in [0.15, 0.2) is 94.5 Å². The summed E-state index contributed by atoms with van der Waals surface area (Å²) in [6, 6.07) is 19.9. The summed E-state index contributed by atoms with van der Waals surface area (Å²) in [5.74, 6) is -2.73. The van der Waals surface area contributed by atoms with Crippen LogP contribution in [0.5, 0.6) is 17.2 Å². The molecule has 0 aliphatic carbocycles. The third-order valence-corrected chi connectivity index (χ3v) is 9.54. The number of aromatic hydroxyl groups is 2. The van der Waals surface area contributed by atoms with E-state index in [9.17, 15) is 42.6 Å². The lowest BCUT2D eigenvalue weighted by atomic mass is 10.1. The molecule has 0 unspecified atom stereocenters. The molecule has 6 aromatic rings. The summed E-state index contributed by atoms with van der Waals surface area (Å²) in [7, 11) is 4.16. The Morgan fingerprint density at radius 1 is 0.759 bits per heavy atom. The zero-order valence-corrected chi connectivity index (χ0v) is 30.0. The van der Waals surface area contributed by atoms with Gasteiger partial charge in [0.25, 0.3) is 22.9 Å². The van der Waals surface area contributed by atoms with Crippen LogP contribution < -0.4 is 25.7 Å². The molecule has 2 amide bonds. The molecule has 15 heteroatoms. The second-order valence-electron chi connectivity index (χ2n) is 12.4. The maximum atomic E-state index is 13.7. The number of hydrogen-bond donors (Lipinski definition) is 2. The number of nitrogens with zero attached hydrogens (tertiary/aromatic N) is 4. The third-order valence-electron chi connectivity index (χ3n) is 9.22. The molecule has 2 N–H and O–H groups in total. The molecule has 2 aromatic heterocycles. The van der Waals surface area contributed by atoms with Gasteiger partial charge in [-0.2, -0.15) is 13.2 Å². The summed E-state index contributed by atoms with van der Waals surface area (Å²) < 4.78 is 47.7. The van der Waals surface area contributed by atoms with Gasteiger partial charge in [-0.25, -0.2) is 0 Å². The monoisotopic (exact) mass is 760 g/mol. The standard InChI is InChI=1S/C39H32ClF3N4O7/c1-5-47(38(53)32-33(48)29-25(40)8-6-9-26(29)45(3)37(32)52)24-16-12-21(13-17-24)20-54-28-11-7-10-27-30(28)34(49)31(36(51)46(27)4)35(50)44(2)23-18-14-22(15-19-23)39(41,42)43/h6-19,48-49H,5,20H2,1-4H3. The fourth-order valence-electron chi connectivity index (χ4n) is 6.25. The number of benzene rings is 4. The lowest BCUT2D eigenvalue weighted by Crippen LogP contribution is -2.36. The topological polar surface area (TPSA) is 134 Å². The molecular formula is C39H32ClF3N4O7. The SMILES string of the molecule is CCN(C(=O)c1c(O)c2c(Cl)cccc2n(C)c1=O)c1ccc(COc2cccc3c2c(O)c(C(=O)N(C)c2ccc(C(F)(F)F)cc2)c(=O)n3C)cc1. The van der Waals surface area contributed by atoms with Crippen molar-refractivity contribution in [2.24, 2.45) is 14.1 Å². The van der Waals surface area contributed by atoms with E-state index in [0.29, 0.717) is 16.8 Å². The lowest BCUT2D eigenvalue weighted by Gasteiger charge is -2.22.